The Kier molecular flexibility index (Phi) is 11.1. The Morgan fingerprint density at radius 2 is 1.90 bits per heavy atom. The molecule has 30 heavy (non-hydrogen) atoms. The zero-order valence-corrected chi connectivity index (χ0v) is 21.5. The molecule has 7 heteroatoms. The third kappa shape index (κ3) is 7.83. The van der Waals surface area contributed by atoms with Crippen LogP contribution in [-0.4, -0.2) is 62.1 Å². The number of nitrogens with zero attached hydrogens (tertiary/aromatic N) is 3. The van der Waals surface area contributed by atoms with Crippen LogP contribution in [0.1, 0.15) is 36.2 Å². The molecular weight excluding hydrogens is 505 g/mol. The van der Waals surface area contributed by atoms with Crippen LogP contribution in [-0.2, 0) is 6.54 Å². The lowest BCUT2D eigenvalue weighted by atomic mass is 10.0. The molecule has 0 aliphatic carbocycles. The topological polar surface area (TPSA) is 42.9 Å². The van der Waals surface area contributed by atoms with Crippen molar-refractivity contribution in [3.8, 4) is 0 Å². The van der Waals surface area contributed by atoms with Gasteiger partial charge in [0.15, 0.2) is 5.96 Å². The molecule has 2 N–H and O–H groups in total. The molecule has 0 saturated carbocycles. The van der Waals surface area contributed by atoms with E-state index in [1.165, 1.54) is 10.4 Å². The van der Waals surface area contributed by atoms with E-state index in [9.17, 15) is 0 Å². The molecule has 1 aliphatic rings. The highest BCUT2D eigenvalue weighted by molar-refractivity contribution is 14.0. The molecule has 0 spiro atoms. The van der Waals surface area contributed by atoms with Crippen molar-refractivity contribution in [2.24, 2.45) is 4.99 Å². The quantitative estimate of drug-likeness (QED) is 0.299. The van der Waals surface area contributed by atoms with E-state index < -0.39 is 0 Å². The van der Waals surface area contributed by atoms with Gasteiger partial charge in [-0.05, 0) is 50.9 Å². The second-order valence-corrected chi connectivity index (χ2v) is 8.87. The maximum Gasteiger partial charge on any atom is 0.191 e. The van der Waals surface area contributed by atoms with E-state index in [4.69, 9.17) is 4.99 Å². The summed E-state index contributed by atoms with van der Waals surface area (Å²) >= 11 is 1.80. The Morgan fingerprint density at radius 3 is 2.50 bits per heavy atom. The van der Waals surface area contributed by atoms with Crippen molar-refractivity contribution in [1.82, 2.24) is 20.4 Å². The third-order valence-corrected chi connectivity index (χ3v) is 6.41. The van der Waals surface area contributed by atoms with Gasteiger partial charge in [-0.25, -0.2) is 0 Å². The number of halogens is 1. The number of piperidine rings is 1. The maximum atomic E-state index is 4.92. The van der Waals surface area contributed by atoms with Crippen LogP contribution in [0, 0.1) is 0 Å². The first-order valence-corrected chi connectivity index (χ1v) is 11.5. The second-order valence-electron chi connectivity index (χ2n) is 7.89. The number of thiophene rings is 1. The summed E-state index contributed by atoms with van der Waals surface area (Å²) in [7, 11) is 4.26. The Morgan fingerprint density at radius 1 is 1.17 bits per heavy atom. The van der Waals surface area contributed by atoms with Crippen molar-refractivity contribution in [3.63, 3.8) is 0 Å². The van der Waals surface area contributed by atoms with Gasteiger partial charge in [0.1, 0.15) is 0 Å². The van der Waals surface area contributed by atoms with Gasteiger partial charge in [-0.1, -0.05) is 36.4 Å². The monoisotopic (exact) mass is 541 g/mol. The Balaban J connectivity index is 0.00000320. The molecular formula is C23H36IN5S. The first kappa shape index (κ1) is 25.1. The summed E-state index contributed by atoms with van der Waals surface area (Å²) in [6.07, 6.45) is 2.30. The summed E-state index contributed by atoms with van der Waals surface area (Å²) < 4.78 is 0. The van der Waals surface area contributed by atoms with E-state index in [-0.39, 0.29) is 24.0 Å². The van der Waals surface area contributed by atoms with Gasteiger partial charge in [0, 0.05) is 37.1 Å². The lowest BCUT2D eigenvalue weighted by Gasteiger charge is -2.33. The van der Waals surface area contributed by atoms with Crippen molar-refractivity contribution >= 4 is 41.3 Å². The third-order valence-electron chi connectivity index (χ3n) is 5.44. The summed E-state index contributed by atoms with van der Waals surface area (Å²) in [5.74, 6) is 0.942. The van der Waals surface area contributed by atoms with Gasteiger partial charge in [0.05, 0.1) is 12.6 Å². The predicted octanol–water partition coefficient (Wildman–Crippen LogP) is 4.19. The highest BCUT2D eigenvalue weighted by atomic mass is 127. The molecule has 1 unspecified atom stereocenters. The Hall–Kier alpha value is -1.16. The zero-order valence-electron chi connectivity index (χ0n) is 18.4. The number of hydrogen-bond donors (Lipinski definition) is 2. The van der Waals surface area contributed by atoms with E-state index in [0.717, 1.165) is 51.5 Å². The standard InChI is InChI=1S/C23H35N5S.HI/c1-4-24-23(25-17-21(27(2)3)22-11-8-16-29-22)26-20-12-14-28(15-13-20)18-19-9-6-5-7-10-19;/h5-11,16,20-21H,4,12-15,17-18H2,1-3H3,(H2,24,25,26);1H. The summed E-state index contributed by atoms with van der Waals surface area (Å²) in [6.45, 7) is 7.07. The van der Waals surface area contributed by atoms with Gasteiger partial charge in [-0.15, -0.1) is 35.3 Å². The SMILES string of the molecule is CCNC(=NCC(c1cccs1)N(C)C)NC1CCN(Cc2ccccc2)CC1.I. The van der Waals surface area contributed by atoms with Gasteiger partial charge in [-0.3, -0.25) is 9.89 Å². The molecule has 2 heterocycles. The average Bonchev–Trinajstić information content (AvgIpc) is 3.25. The van der Waals surface area contributed by atoms with Crippen LogP contribution in [0.5, 0.6) is 0 Å². The number of likely N-dealkylation sites (tertiary alicyclic amines) is 1. The Labute approximate surface area is 203 Å². The fraction of sp³-hybridized carbons (Fsp3) is 0.522. The number of benzene rings is 1. The number of guanidine groups is 1. The Bertz CT molecular complexity index is 727. The van der Waals surface area contributed by atoms with Crippen molar-refractivity contribution in [2.75, 3.05) is 40.3 Å². The summed E-state index contributed by atoms with van der Waals surface area (Å²) in [5.41, 5.74) is 1.40. The van der Waals surface area contributed by atoms with Crippen LogP contribution in [0.15, 0.2) is 52.8 Å². The number of likely N-dealkylation sites (N-methyl/N-ethyl adjacent to an activating group) is 1. The van der Waals surface area contributed by atoms with Crippen LogP contribution in [0.2, 0.25) is 0 Å². The van der Waals surface area contributed by atoms with E-state index in [0.29, 0.717) is 12.1 Å². The normalized spacial score (nSPS) is 16.9. The minimum atomic E-state index is 0. The van der Waals surface area contributed by atoms with Crippen LogP contribution in [0.25, 0.3) is 0 Å². The van der Waals surface area contributed by atoms with E-state index in [1.807, 2.05) is 0 Å². The molecule has 1 saturated heterocycles. The molecule has 3 rings (SSSR count). The molecule has 1 atom stereocenters. The largest absolute Gasteiger partial charge is 0.357 e. The molecule has 1 aromatic heterocycles. The maximum absolute atomic E-state index is 4.92. The summed E-state index contributed by atoms with van der Waals surface area (Å²) in [5, 5.41) is 9.25. The number of nitrogens with one attached hydrogen (secondary N) is 2. The molecule has 1 fully saturated rings. The van der Waals surface area contributed by atoms with Gasteiger partial charge < -0.3 is 15.5 Å². The molecule has 166 valence electrons. The van der Waals surface area contributed by atoms with Crippen LogP contribution < -0.4 is 10.6 Å². The highest BCUT2D eigenvalue weighted by Gasteiger charge is 2.21. The summed E-state index contributed by atoms with van der Waals surface area (Å²) in [4.78, 5) is 11.1. The highest BCUT2D eigenvalue weighted by Crippen LogP contribution is 2.23. The van der Waals surface area contributed by atoms with Gasteiger partial charge in [-0.2, -0.15) is 0 Å². The van der Waals surface area contributed by atoms with E-state index in [2.05, 4.69) is 89.3 Å². The predicted molar refractivity (Wildman–Crippen MR) is 140 cm³/mol. The molecule has 2 aromatic rings. The fourth-order valence-corrected chi connectivity index (χ4v) is 4.67. The summed E-state index contributed by atoms with van der Waals surface area (Å²) in [6, 6.07) is 15.9. The first-order valence-electron chi connectivity index (χ1n) is 10.7. The van der Waals surface area contributed by atoms with Crippen molar-refractivity contribution < 1.29 is 0 Å². The van der Waals surface area contributed by atoms with Crippen molar-refractivity contribution in [3.05, 3.63) is 58.3 Å². The molecule has 0 amide bonds. The van der Waals surface area contributed by atoms with Gasteiger partial charge in [0.25, 0.3) is 0 Å². The van der Waals surface area contributed by atoms with E-state index >= 15 is 0 Å². The number of hydrogen-bond acceptors (Lipinski definition) is 4. The minimum absolute atomic E-state index is 0. The zero-order chi connectivity index (χ0) is 20.5. The second kappa shape index (κ2) is 13.3. The van der Waals surface area contributed by atoms with Crippen LogP contribution in [0.4, 0.5) is 0 Å². The van der Waals surface area contributed by atoms with Crippen molar-refractivity contribution in [1.29, 1.82) is 0 Å². The lowest BCUT2D eigenvalue weighted by Crippen LogP contribution is -2.48. The molecule has 0 bridgehead atoms. The molecule has 1 aliphatic heterocycles. The van der Waals surface area contributed by atoms with E-state index in [1.54, 1.807) is 11.3 Å². The number of rotatable bonds is 8. The van der Waals surface area contributed by atoms with Gasteiger partial charge in [0.2, 0.25) is 0 Å². The smallest absolute Gasteiger partial charge is 0.191 e. The fourth-order valence-electron chi connectivity index (χ4n) is 3.76. The van der Waals surface area contributed by atoms with Gasteiger partial charge >= 0.3 is 0 Å². The van der Waals surface area contributed by atoms with Crippen LogP contribution in [0.3, 0.4) is 0 Å². The lowest BCUT2D eigenvalue weighted by molar-refractivity contribution is 0.198. The molecule has 1 aromatic carbocycles. The average molecular weight is 542 g/mol. The van der Waals surface area contributed by atoms with Crippen molar-refractivity contribution in [2.45, 2.75) is 38.4 Å². The van der Waals surface area contributed by atoms with Crippen LogP contribution >= 0.6 is 35.3 Å². The molecule has 0 radical (unpaired) electrons. The minimum Gasteiger partial charge on any atom is -0.357 e. The molecule has 5 nitrogen and oxygen atoms in total. The first-order chi connectivity index (χ1) is 14.2. The number of aliphatic imine (C=N–C) groups is 1.